The number of methoxy groups -OCH3 is 1. The van der Waals surface area contributed by atoms with Gasteiger partial charge in [0.25, 0.3) is 0 Å². The van der Waals surface area contributed by atoms with Gasteiger partial charge in [0.1, 0.15) is 11.6 Å². The van der Waals surface area contributed by atoms with Crippen molar-refractivity contribution in [2.45, 2.75) is 32.1 Å². The Morgan fingerprint density at radius 3 is 2.43 bits per heavy atom. The second-order valence-electron chi connectivity index (χ2n) is 6.54. The number of benzene rings is 2. The van der Waals surface area contributed by atoms with Crippen LogP contribution in [-0.4, -0.2) is 13.7 Å². The summed E-state index contributed by atoms with van der Waals surface area (Å²) in [5.74, 6) is 1.42. The third-order valence-corrected chi connectivity index (χ3v) is 4.91. The quantitative estimate of drug-likeness (QED) is 0.924. The van der Waals surface area contributed by atoms with Crippen molar-refractivity contribution in [3.63, 3.8) is 0 Å². The number of hydrogen-bond acceptors (Lipinski definition) is 2. The molecule has 0 saturated carbocycles. The van der Waals surface area contributed by atoms with Gasteiger partial charge in [0.15, 0.2) is 0 Å². The number of rotatable bonds is 4. The molecule has 1 aliphatic rings. The van der Waals surface area contributed by atoms with E-state index in [1.165, 1.54) is 16.7 Å². The van der Waals surface area contributed by atoms with Crippen LogP contribution in [0.25, 0.3) is 0 Å². The molecule has 2 aromatic carbocycles. The van der Waals surface area contributed by atoms with Crippen LogP contribution in [0.15, 0.2) is 36.4 Å². The molecule has 0 radical (unpaired) electrons. The van der Waals surface area contributed by atoms with Crippen LogP contribution >= 0.6 is 0 Å². The molecule has 122 valence electrons. The van der Waals surface area contributed by atoms with E-state index in [0.717, 1.165) is 30.6 Å². The van der Waals surface area contributed by atoms with E-state index < -0.39 is 0 Å². The monoisotopic (exact) mass is 313 g/mol. The molecule has 0 aliphatic heterocycles. The minimum atomic E-state index is -0.155. The number of aryl methyl sites for hydroxylation is 2. The number of fused-ring (bicyclic) bond motifs is 2. The van der Waals surface area contributed by atoms with Crippen LogP contribution in [0.2, 0.25) is 0 Å². The summed E-state index contributed by atoms with van der Waals surface area (Å²) in [7, 11) is 1.69. The Hall–Kier alpha value is -1.87. The molecular formula is C20H24FNO. The summed E-state index contributed by atoms with van der Waals surface area (Å²) in [5, 5.41) is 0. The van der Waals surface area contributed by atoms with Gasteiger partial charge in [-0.2, -0.15) is 0 Å². The Labute approximate surface area is 137 Å². The minimum absolute atomic E-state index is 0.155. The summed E-state index contributed by atoms with van der Waals surface area (Å²) in [5.41, 5.74) is 10.9. The van der Waals surface area contributed by atoms with Gasteiger partial charge >= 0.3 is 0 Å². The summed E-state index contributed by atoms with van der Waals surface area (Å²) in [6, 6.07) is 11.5. The first-order valence-electron chi connectivity index (χ1n) is 8.27. The van der Waals surface area contributed by atoms with E-state index in [4.69, 9.17) is 10.5 Å². The molecule has 0 saturated heterocycles. The molecule has 2 nitrogen and oxygen atoms in total. The average molecular weight is 313 g/mol. The molecule has 0 bridgehead atoms. The smallest absolute Gasteiger partial charge is 0.123 e. The molecule has 23 heavy (non-hydrogen) atoms. The van der Waals surface area contributed by atoms with E-state index in [2.05, 4.69) is 19.1 Å². The number of hydrogen-bond donors (Lipinski definition) is 1. The van der Waals surface area contributed by atoms with E-state index in [9.17, 15) is 4.39 Å². The number of nitrogens with two attached hydrogens (primary N) is 1. The lowest BCUT2D eigenvalue weighted by atomic mass is 9.82. The zero-order valence-electron chi connectivity index (χ0n) is 13.8. The topological polar surface area (TPSA) is 35.2 Å². The van der Waals surface area contributed by atoms with E-state index >= 15 is 0 Å². The first-order valence-corrected chi connectivity index (χ1v) is 8.27. The predicted molar refractivity (Wildman–Crippen MR) is 91.5 cm³/mol. The van der Waals surface area contributed by atoms with Crippen molar-refractivity contribution in [2.24, 2.45) is 11.7 Å². The van der Waals surface area contributed by atoms with Gasteiger partial charge in [0.2, 0.25) is 0 Å². The Morgan fingerprint density at radius 2 is 1.78 bits per heavy atom. The van der Waals surface area contributed by atoms with Gasteiger partial charge in [0.05, 0.1) is 7.11 Å². The van der Waals surface area contributed by atoms with Crippen LogP contribution in [0, 0.1) is 11.7 Å². The molecule has 2 aromatic rings. The van der Waals surface area contributed by atoms with Gasteiger partial charge in [-0.25, -0.2) is 4.39 Å². The normalized spacial score (nSPS) is 17.8. The molecule has 0 amide bonds. The van der Waals surface area contributed by atoms with Crippen LogP contribution in [0.3, 0.4) is 0 Å². The molecule has 0 aromatic heterocycles. The maximum absolute atomic E-state index is 13.7. The van der Waals surface area contributed by atoms with Crippen LogP contribution < -0.4 is 10.5 Å². The van der Waals surface area contributed by atoms with Crippen molar-refractivity contribution in [1.29, 1.82) is 0 Å². The Morgan fingerprint density at radius 1 is 1.13 bits per heavy atom. The zero-order valence-corrected chi connectivity index (χ0v) is 13.8. The van der Waals surface area contributed by atoms with Crippen LogP contribution in [-0.2, 0) is 12.8 Å². The van der Waals surface area contributed by atoms with E-state index in [1.807, 2.05) is 12.1 Å². The lowest BCUT2D eigenvalue weighted by molar-refractivity contribution is 0.414. The van der Waals surface area contributed by atoms with Gasteiger partial charge < -0.3 is 10.5 Å². The predicted octanol–water partition coefficient (Wildman–Crippen LogP) is 4.05. The summed E-state index contributed by atoms with van der Waals surface area (Å²) >= 11 is 0. The number of halogens is 1. The molecule has 0 heterocycles. The van der Waals surface area contributed by atoms with Gasteiger partial charge in [-0.1, -0.05) is 19.1 Å². The third-order valence-electron chi connectivity index (χ3n) is 4.91. The van der Waals surface area contributed by atoms with Crippen LogP contribution in [0.1, 0.15) is 41.5 Å². The average Bonchev–Trinajstić information content (AvgIpc) is 2.71. The second-order valence-corrected chi connectivity index (χ2v) is 6.54. The number of ether oxygens (including phenoxy) is 1. The van der Waals surface area contributed by atoms with Crippen molar-refractivity contribution >= 4 is 0 Å². The molecule has 1 aliphatic carbocycles. The molecule has 2 unspecified atom stereocenters. The molecule has 0 fully saturated rings. The fourth-order valence-corrected chi connectivity index (χ4v) is 3.59. The SMILES string of the molecule is COc1ccc2c(c1)CCc1cc(F)ccc1C2CC(C)CN. The maximum Gasteiger partial charge on any atom is 0.123 e. The van der Waals surface area contributed by atoms with Crippen molar-refractivity contribution in [3.8, 4) is 5.75 Å². The highest BCUT2D eigenvalue weighted by molar-refractivity contribution is 5.47. The van der Waals surface area contributed by atoms with Crippen molar-refractivity contribution in [2.75, 3.05) is 13.7 Å². The minimum Gasteiger partial charge on any atom is -0.497 e. The fourth-order valence-electron chi connectivity index (χ4n) is 3.59. The lowest BCUT2D eigenvalue weighted by Crippen LogP contribution is -2.16. The Kier molecular flexibility index (Phi) is 4.67. The molecule has 2 atom stereocenters. The van der Waals surface area contributed by atoms with Crippen LogP contribution in [0.4, 0.5) is 4.39 Å². The summed E-state index contributed by atoms with van der Waals surface area (Å²) < 4.78 is 19.1. The Balaban J connectivity index is 2.10. The zero-order chi connectivity index (χ0) is 16.4. The first-order chi connectivity index (χ1) is 11.1. The van der Waals surface area contributed by atoms with Gasteiger partial charge in [0, 0.05) is 5.92 Å². The van der Waals surface area contributed by atoms with E-state index in [-0.39, 0.29) is 11.7 Å². The largest absolute Gasteiger partial charge is 0.497 e. The third kappa shape index (κ3) is 3.25. The molecule has 2 N–H and O–H groups in total. The standard InChI is InChI=1S/C20H24FNO/c1-13(12-22)9-20-18-7-5-16(21)10-14(18)3-4-15-11-17(23-2)6-8-19(15)20/h5-8,10-11,13,20H,3-4,9,12,22H2,1-2H3. The van der Waals surface area contributed by atoms with Crippen LogP contribution in [0.5, 0.6) is 5.75 Å². The van der Waals surface area contributed by atoms with Crippen molar-refractivity contribution < 1.29 is 9.13 Å². The molecular weight excluding hydrogens is 289 g/mol. The van der Waals surface area contributed by atoms with Crippen molar-refractivity contribution in [3.05, 3.63) is 64.5 Å². The molecule has 3 heteroatoms. The molecule has 3 rings (SSSR count). The highest BCUT2D eigenvalue weighted by Gasteiger charge is 2.25. The van der Waals surface area contributed by atoms with Crippen molar-refractivity contribution in [1.82, 2.24) is 0 Å². The molecule has 0 spiro atoms. The Bertz CT molecular complexity index is 698. The van der Waals surface area contributed by atoms with E-state index in [0.29, 0.717) is 12.5 Å². The highest BCUT2D eigenvalue weighted by Crippen LogP contribution is 2.39. The fraction of sp³-hybridized carbons (Fsp3) is 0.400. The van der Waals surface area contributed by atoms with Gasteiger partial charge in [-0.3, -0.25) is 0 Å². The second kappa shape index (κ2) is 6.71. The first kappa shape index (κ1) is 16.0. The summed E-state index contributed by atoms with van der Waals surface area (Å²) in [6.07, 6.45) is 2.76. The highest BCUT2D eigenvalue weighted by atomic mass is 19.1. The summed E-state index contributed by atoms with van der Waals surface area (Å²) in [4.78, 5) is 0. The summed E-state index contributed by atoms with van der Waals surface area (Å²) in [6.45, 7) is 2.84. The van der Waals surface area contributed by atoms with Gasteiger partial charge in [-0.15, -0.1) is 0 Å². The van der Waals surface area contributed by atoms with Gasteiger partial charge in [-0.05, 0) is 78.2 Å². The maximum atomic E-state index is 13.7. The lowest BCUT2D eigenvalue weighted by Gasteiger charge is -2.23. The van der Waals surface area contributed by atoms with E-state index in [1.54, 1.807) is 19.2 Å².